The monoisotopic (exact) mass is 268 g/mol. The smallest absolute Gasteiger partial charge is 0.163 e. The molecule has 0 saturated heterocycles. The zero-order valence-corrected chi connectivity index (χ0v) is 11.1. The number of ether oxygens (including phenoxy) is 1. The van der Waals surface area contributed by atoms with Crippen LogP contribution in [0.2, 0.25) is 0 Å². The van der Waals surface area contributed by atoms with Crippen LogP contribution in [0.3, 0.4) is 0 Å². The average Bonchev–Trinajstić information content (AvgIpc) is 3.04. The molecule has 2 heterocycles. The molecule has 0 spiro atoms. The second-order valence-corrected chi connectivity index (χ2v) is 4.39. The van der Waals surface area contributed by atoms with Gasteiger partial charge in [-0.05, 0) is 12.1 Å². The summed E-state index contributed by atoms with van der Waals surface area (Å²) in [5.74, 6) is 1.30. The summed E-state index contributed by atoms with van der Waals surface area (Å²) in [6.45, 7) is 0.361. The van der Waals surface area contributed by atoms with Crippen LogP contribution in [-0.2, 0) is 18.4 Å². The summed E-state index contributed by atoms with van der Waals surface area (Å²) in [5.41, 5.74) is 2.73. The van der Waals surface area contributed by atoms with Crippen molar-refractivity contribution < 1.29 is 9.26 Å². The van der Waals surface area contributed by atoms with Crippen molar-refractivity contribution in [1.82, 2.24) is 14.7 Å². The Balaban J connectivity index is 2.16. The Kier molecular flexibility index (Phi) is 2.97. The van der Waals surface area contributed by atoms with Crippen molar-refractivity contribution in [2.75, 3.05) is 7.11 Å². The summed E-state index contributed by atoms with van der Waals surface area (Å²) in [4.78, 5) is 4.50. The molecule has 0 atom stereocenters. The van der Waals surface area contributed by atoms with Gasteiger partial charge in [0.25, 0.3) is 0 Å². The molecule has 0 fully saturated rings. The fourth-order valence-electron chi connectivity index (χ4n) is 2.16. The molecule has 2 aromatic heterocycles. The minimum absolute atomic E-state index is 0.361. The highest BCUT2D eigenvalue weighted by Gasteiger charge is 2.16. The maximum absolute atomic E-state index is 9.13. The third-order valence-corrected chi connectivity index (χ3v) is 3.11. The van der Waals surface area contributed by atoms with Crippen molar-refractivity contribution in [2.45, 2.75) is 6.61 Å². The molecule has 0 aliphatic carbocycles. The maximum atomic E-state index is 9.13. The van der Waals surface area contributed by atoms with Gasteiger partial charge in [0, 0.05) is 20.2 Å². The normalized spacial score (nSPS) is 10.8. The van der Waals surface area contributed by atoms with Crippen molar-refractivity contribution in [3.05, 3.63) is 35.6 Å². The lowest BCUT2D eigenvalue weighted by atomic mass is 10.2. The van der Waals surface area contributed by atoms with Crippen molar-refractivity contribution in [3.8, 4) is 17.6 Å². The Bertz CT molecular complexity index is 810. The number of hydrogen-bond acceptors (Lipinski definition) is 5. The molecule has 6 nitrogen and oxygen atoms in total. The van der Waals surface area contributed by atoms with Gasteiger partial charge in [-0.25, -0.2) is 4.98 Å². The number of methoxy groups -OCH3 is 1. The lowest BCUT2D eigenvalue weighted by Crippen LogP contribution is -1.92. The SMILES string of the molecule is COCc1cc(-c2nc3c(C#N)cccc3n2C)no1. The molecular formula is C14H12N4O2. The van der Waals surface area contributed by atoms with Crippen molar-refractivity contribution >= 4 is 11.0 Å². The molecule has 1 aromatic carbocycles. The molecule has 0 amide bonds. The molecule has 0 bridgehead atoms. The highest BCUT2D eigenvalue weighted by atomic mass is 16.5. The molecule has 0 unspecified atom stereocenters. The minimum atomic E-state index is 0.361. The Morgan fingerprint density at radius 2 is 2.30 bits per heavy atom. The van der Waals surface area contributed by atoms with Crippen molar-refractivity contribution in [2.24, 2.45) is 7.05 Å². The number of para-hydroxylation sites is 1. The second-order valence-electron chi connectivity index (χ2n) is 4.39. The van der Waals surface area contributed by atoms with Gasteiger partial charge in [0.05, 0.1) is 11.1 Å². The first-order valence-electron chi connectivity index (χ1n) is 6.05. The average molecular weight is 268 g/mol. The Labute approximate surface area is 115 Å². The number of rotatable bonds is 3. The summed E-state index contributed by atoms with van der Waals surface area (Å²) in [6, 6.07) is 9.44. The van der Waals surface area contributed by atoms with E-state index in [-0.39, 0.29) is 0 Å². The van der Waals surface area contributed by atoms with Gasteiger partial charge >= 0.3 is 0 Å². The van der Waals surface area contributed by atoms with Crippen LogP contribution >= 0.6 is 0 Å². The molecule has 0 aliphatic rings. The van der Waals surface area contributed by atoms with Crippen LogP contribution in [-0.4, -0.2) is 21.8 Å². The number of nitriles is 1. The van der Waals surface area contributed by atoms with Gasteiger partial charge in [-0.3, -0.25) is 0 Å². The van der Waals surface area contributed by atoms with Crippen LogP contribution in [0.5, 0.6) is 0 Å². The van der Waals surface area contributed by atoms with Crippen LogP contribution in [0, 0.1) is 11.3 Å². The summed E-state index contributed by atoms with van der Waals surface area (Å²) < 4.78 is 12.1. The molecular weight excluding hydrogens is 256 g/mol. The summed E-state index contributed by atoms with van der Waals surface area (Å²) >= 11 is 0. The number of hydrogen-bond donors (Lipinski definition) is 0. The summed E-state index contributed by atoms with van der Waals surface area (Å²) in [5, 5.41) is 13.1. The minimum Gasteiger partial charge on any atom is -0.377 e. The largest absolute Gasteiger partial charge is 0.377 e. The van der Waals surface area contributed by atoms with Crippen LogP contribution in [0.15, 0.2) is 28.8 Å². The zero-order chi connectivity index (χ0) is 14.1. The predicted molar refractivity (Wildman–Crippen MR) is 71.6 cm³/mol. The van der Waals surface area contributed by atoms with E-state index in [2.05, 4.69) is 16.2 Å². The van der Waals surface area contributed by atoms with Gasteiger partial charge in [-0.1, -0.05) is 11.2 Å². The quantitative estimate of drug-likeness (QED) is 0.728. The second kappa shape index (κ2) is 4.79. The van der Waals surface area contributed by atoms with Gasteiger partial charge in [-0.15, -0.1) is 0 Å². The van der Waals surface area contributed by atoms with Gasteiger partial charge in [0.1, 0.15) is 23.9 Å². The van der Waals surface area contributed by atoms with Crippen molar-refractivity contribution in [1.29, 1.82) is 5.26 Å². The molecule has 0 N–H and O–H groups in total. The van der Waals surface area contributed by atoms with E-state index in [1.807, 2.05) is 23.7 Å². The molecule has 20 heavy (non-hydrogen) atoms. The topological polar surface area (TPSA) is 76.9 Å². The number of aryl methyl sites for hydroxylation is 1. The highest BCUT2D eigenvalue weighted by Crippen LogP contribution is 2.25. The molecule has 0 saturated carbocycles. The van der Waals surface area contributed by atoms with Crippen molar-refractivity contribution in [3.63, 3.8) is 0 Å². The molecule has 3 rings (SSSR count). The van der Waals surface area contributed by atoms with Gasteiger partial charge < -0.3 is 13.8 Å². The van der Waals surface area contributed by atoms with Gasteiger partial charge in [0.15, 0.2) is 11.6 Å². The van der Waals surface area contributed by atoms with E-state index in [1.165, 1.54) is 0 Å². The third kappa shape index (κ3) is 1.85. The van der Waals surface area contributed by atoms with Crippen LogP contribution < -0.4 is 0 Å². The number of fused-ring (bicyclic) bond motifs is 1. The van der Waals surface area contributed by atoms with E-state index in [0.717, 1.165) is 5.52 Å². The predicted octanol–water partition coefficient (Wildman–Crippen LogP) is 2.25. The number of imidazole rings is 1. The molecule has 6 heteroatoms. The first kappa shape index (κ1) is 12.4. The first-order chi connectivity index (χ1) is 9.74. The van der Waals surface area contributed by atoms with Crippen LogP contribution in [0.1, 0.15) is 11.3 Å². The summed E-state index contributed by atoms with van der Waals surface area (Å²) in [7, 11) is 3.48. The first-order valence-corrected chi connectivity index (χ1v) is 6.05. The lowest BCUT2D eigenvalue weighted by molar-refractivity contribution is 0.156. The van der Waals surface area contributed by atoms with Crippen LogP contribution in [0.25, 0.3) is 22.6 Å². The van der Waals surface area contributed by atoms with Gasteiger partial charge in [-0.2, -0.15) is 5.26 Å². The lowest BCUT2D eigenvalue weighted by Gasteiger charge is -1.97. The van der Waals surface area contributed by atoms with E-state index in [0.29, 0.717) is 35.0 Å². The zero-order valence-electron chi connectivity index (χ0n) is 11.1. The Morgan fingerprint density at radius 3 is 3.05 bits per heavy atom. The molecule has 0 aliphatic heterocycles. The van der Waals surface area contributed by atoms with E-state index >= 15 is 0 Å². The van der Waals surface area contributed by atoms with E-state index in [1.54, 1.807) is 19.2 Å². The molecule has 100 valence electrons. The summed E-state index contributed by atoms with van der Waals surface area (Å²) in [6.07, 6.45) is 0. The molecule has 3 aromatic rings. The number of aromatic nitrogens is 3. The van der Waals surface area contributed by atoms with Gasteiger partial charge in [0.2, 0.25) is 0 Å². The fraction of sp³-hybridized carbons (Fsp3) is 0.214. The number of benzene rings is 1. The third-order valence-electron chi connectivity index (χ3n) is 3.11. The Morgan fingerprint density at radius 1 is 1.45 bits per heavy atom. The highest BCUT2D eigenvalue weighted by molar-refractivity contribution is 5.85. The maximum Gasteiger partial charge on any atom is 0.163 e. The number of nitrogens with zero attached hydrogens (tertiary/aromatic N) is 4. The van der Waals surface area contributed by atoms with E-state index < -0.39 is 0 Å². The van der Waals surface area contributed by atoms with E-state index in [4.69, 9.17) is 14.5 Å². The Hall–Kier alpha value is -2.65. The standard InChI is InChI=1S/C14H12N4O2/c1-18-12-5-3-4-9(7-15)13(12)16-14(18)11-6-10(8-19-2)20-17-11/h3-6H,8H2,1-2H3. The van der Waals surface area contributed by atoms with E-state index in [9.17, 15) is 0 Å². The van der Waals surface area contributed by atoms with Crippen LogP contribution in [0.4, 0.5) is 0 Å². The molecule has 0 radical (unpaired) electrons. The fourth-order valence-corrected chi connectivity index (χ4v) is 2.16.